The predicted molar refractivity (Wildman–Crippen MR) is 61.0 cm³/mol. The fraction of sp³-hybridized carbons (Fsp3) is 0.100. The molecule has 0 saturated heterocycles. The first kappa shape index (κ1) is 11.1. The van der Waals surface area contributed by atoms with Crippen LogP contribution in [0.1, 0.15) is 11.3 Å². The molecule has 2 rings (SSSR count). The largest absolute Gasteiger partial charge is 0.379 e. The zero-order valence-corrected chi connectivity index (χ0v) is 9.08. The third-order valence-electron chi connectivity index (χ3n) is 2.12. The second-order valence-electron chi connectivity index (χ2n) is 3.41. The second kappa shape index (κ2) is 4.62. The summed E-state index contributed by atoms with van der Waals surface area (Å²) in [4.78, 5) is 4.13. The highest BCUT2D eigenvalue weighted by atomic mass is 16.6. The lowest BCUT2D eigenvalue weighted by Crippen LogP contribution is -2.21. The Bertz CT molecular complexity index is 532. The number of aliphatic imine (C=N–C) groups is 1. The maximum Gasteiger partial charge on any atom is 0.199 e. The zero-order chi connectivity index (χ0) is 12.3. The van der Waals surface area contributed by atoms with Crippen LogP contribution in [0, 0.1) is 6.92 Å². The van der Waals surface area contributed by atoms with Crippen molar-refractivity contribution in [3.63, 3.8) is 0 Å². The molecule has 17 heavy (non-hydrogen) atoms. The van der Waals surface area contributed by atoms with Crippen LogP contribution in [0.4, 0.5) is 11.5 Å². The minimum Gasteiger partial charge on any atom is -0.379 e. The smallest absolute Gasteiger partial charge is 0.199 e. The Morgan fingerprint density at radius 3 is 2.59 bits per heavy atom. The number of benzene rings is 1. The summed E-state index contributed by atoms with van der Waals surface area (Å²) in [5.74, 6) is 0.130. The van der Waals surface area contributed by atoms with E-state index >= 15 is 0 Å². The van der Waals surface area contributed by atoms with Crippen LogP contribution in [0.5, 0.6) is 0 Å². The molecule has 1 heterocycles. The molecule has 7 nitrogen and oxygen atoms in total. The molecule has 0 unspecified atom stereocenters. The fourth-order valence-electron chi connectivity index (χ4n) is 1.24. The van der Waals surface area contributed by atoms with Crippen LogP contribution in [0.25, 0.3) is 0 Å². The number of hydrogen-bond acceptors (Lipinski definition) is 6. The van der Waals surface area contributed by atoms with Gasteiger partial charge in [0.2, 0.25) is 0 Å². The van der Waals surface area contributed by atoms with Gasteiger partial charge >= 0.3 is 0 Å². The SMILES string of the molecule is Cc1ccc(N=C(NO)c2nonc2N)cc1. The third-order valence-corrected chi connectivity index (χ3v) is 2.12. The van der Waals surface area contributed by atoms with Gasteiger partial charge in [-0.2, -0.15) is 0 Å². The quantitative estimate of drug-likeness (QED) is 0.406. The molecule has 0 fully saturated rings. The number of anilines is 1. The van der Waals surface area contributed by atoms with Crippen molar-refractivity contribution in [3.8, 4) is 0 Å². The number of aryl methyl sites for hydroxylation is 1. The predicted octanol–water partition coefficient (Wildman–Crippen LogP) is 1.02. The van der Waals surface area contributed by atoms with Gasteiger partial charge in [0.15, 0.2) is 17.3 Å². The van der Waals surface area contributed by atoms with Gasteiger partial charge in [-0.1, -0.05) is 17.7 Å². The van der Waals surface area contributed by atoms with Crippen molar-refractivity contribution in [2.24, 2.45) is 4.99 Å². The number of nitrogens with two attached hydrogens (primary N) is 1. The molecule has 0 aliphatic carbocycles. The highest BCUT2D eigenvalue weighted by Gasteiger charge is 2.13. The highest BCUT2D eigenvalue weighted by molar-refractivity contribution is 6.01. The van der Waals surface area contributed by atoms with Gasteiger partial charge in [0.25, 0.3) is 0 Å². The van der Waals surface area contributed by atoms with Gasteiger partial charge in [-0.05, 0) is 29.4 Å². The van der Waals surface area contributed by atoms with Crippen molar-refractivity contribution in [1.29, 1.82) is 0 Å². The lowest BCUT2D eigenvalue weighted by atomic mass is 10.2. The molecule has 0 spiro atoms. The van der Waals surface area contributed by atoms with E-state index in [9.17, 15) is 0 Å². The van der Waals surface area contributed by atoms with E-state index in [4.69, 9.17) is 10.9 Å². The highest BCUT2D eigenvalue weighted by Crippen LogP contribution is 2.15. The Balaban J connectivity index is 2.36. The molecule has 0 bridgehead atoms. The zero-order valence-electron chi connectivity index (χ0n) is 9.08. The van der Waals surface area contributed by atoms with Gasteiger partial charge < -0.3 is 5.73 Å². The number of hydroxylamine groups is 1. The molecule has 4 N–H and O–H groups in total. The molecule has 88 valence electrons. The van der Waals surface area contributed by atoms with Gasteiger partial charge in [0.1, 0.15) is 0 Å². The molecule has 0 amide bonds. The van der Waals surface area contributed by atoms with Gasteiger partial charge in [0.05, 0.1) is 5.69 Å². The molecule has 1 aromatic carbocycles. The van der Waals surface area contributed by atoms with Crippen molar-refractivity contribution in [2.45, 2.75) is 6.92 Å². The molecule has 2 aromatic rings. The van der Waals surface area contributed by atoms with Crippen molar-refractivity contribution < 1.29 is 9.84 Å². The summed E-state index contributed by atoms with van der Waals surface area (Å²) in [6.07, 6.45) is 0. The van der Waals surface area contributed by atoms with Gasteiger partial charge in [-0.15, -0.1) is 0 Å². The first-order valence-electron chi connectivity index (χ1n) is 4.84. The van der Waals surface area contributed by atoms with Crippen molar-refractivity contribution in [2.75, 3.05) is 5.73 Å². The molecule has 0 radical (unpaired) electrons. The monoisotopic (exact) mass is 233 g/mol. The molecule has 0 atom stereocenters. The van der Waals surface area contributed by atoms with E-state index in [1.165, 1.54) is 0 Å². The summed E-state index contributed by atoms with van der Waals surface area (Å²) in [6, 6.07) is 7.41. The van der Waals surface area contributed by atoms with Gasteiger partial charge in [-0.3, -0.25) is 10.7 Å². The van der Waals surface area contributed by atoms with E-state index in [1.54, 1.807) is 12.1 Å². The van der Waals surface area contributed by atoms with Crippen LogP contribution < -0.4 is 11.2 Å². The number of amidine groups is 1. The summed E-state index contributed by atoms with van der Waals surface area (Å²) < 4.78 is 4.43. The van der Waals surface area contributed by atoms with E-state index in [0.29, 0.717) is 5.69 Å². The minimum atomic E-state index is 0.0532. The molecular formula is C10H11N5O2. The normalized spacial score (nSPS) is 11.5. The first-order valence-corrected chi connectivity index (χ1v) is 4.84. The summed E-state index contributed by atoms with van der Waals surface area (Å²) >= 11 is 0. The third kappa shape index (κ3) is 2.40. The van der Waals surface area contributed by atoms with E-state index in [2.05, 4.69) is 19.9 Å². The van der Waals surface area contributed by atoms with Crippen LogP contribution in [0.2, 0.25) is 0 Å². The van der Waals surface area contributed by atoms with E-state index < -0.39 is 0 Å². The van der Waals surface area contributed by atoms with E-state index in [0.717, 1.165) is 5.56 Å². The summed E-state index contributed by atoms with van der Waals surface area (Å²) in [5, 5.41) is 15.9. The van der Waals surface area contributed by atoms with Gasteiger partial charge in [-0.25, -0.2) is 9.62 Å². The Morgan fingerprint density at radius 1 is 1.35 bits per heavy atom. The average molecular weight is 233 g/mol. The van der Waals surface area contributed by atoms with Crippen molar-refractivity contribution in [3.05, 3.63) is 35.5 Å². The Hall–Kier alpha value is -2.41. The van der Waals surface area contributed by atoms with E-state index in [-0.39, 0.29) is 17.3 Å². The van der Waals surface area contributed by atoms with Crippen molar-refractivity contribution in [1.82, 2.24) is 15.8 Å². The maximum absolute atomic E-state index is 8.99. The fourth-order valence-corrected chi connectivity index (χ4v) is 1.24. The van der Waals surface area contributed by atoms with Crippen LogP contribution >= 0.6 is 0 Å². The summed E-state index contributed by atoms with van der Waals surface area (Å²) in [6.45, 7) is 1.97. The molecule has 0 saturated carbocycles. The topological polar surface area (TPSA) is 110 Å². The number of rotatable bonds is 2. The van der Waals surface area contributed by atoms with Crippen LogP contribution in [0.3, 0.4) is 0 Å². The Kier molecular flexibility index (Phi) is 3.01. The molecule has 0 aliphatic heterocycles. The Labute approximate surface area is 96.9 Å². The van der Waals surface area contributed by atoms with Crippen LogP contribution in [-0.4, -0.2) is 21.4 Å². The molecule has 7 heteroatoms. The number of nitrogens with one attached hydrogen (secondary N) is 1. The standard InChI is InChI=1S/C10H11N5O2/c1-6-2-4-7(5-3-6)12-10(13-16)8-9(11)15-17-14-8/h2-5,16H,1H3,(H2,11,15)(H,12,13). The van der Waals surface area contributed by atoms with Crippen molar-refractivity contribution >= 4 is 17.3 Å². The van der Waals surface area contributed by atoms with Crippen LogP contribution in [-0.2, 0) is 0 Å². The minimum absolute atomic E-state index is 0.0532. The lowest BCUT2D eigenvalue weighted by molar-refractivity contribution is 0.234. The Morgan fingerprint density at radius 2 is 2.06 bits per heavy atom. The molecule has 1 aromatic heterocycles. The number of nitrogens with zero attached hydrogens (tertiary/aromatic N) is 3. The lowest BCUT2D eigenvalue weighted by Gasteiger charge is -2.01. The van der Waals surface area contributed by atoms with Gasteiger partial charge in [0, 0.05) is 0 Å². The number of nitrogen functional groups attached to an aromatic ring is 1. The van der Waals surface area contributed by atoms with E-state index in [1.807, 2.05) is 24.5 Å². The second-order valence-corrected chi connectivity index (χ2v) is 3.41. The first-order chi connectivity index (χ1) is 8.20. The number of hydrogen-bond donors (Lipinski definition) is 3. The van der Waals surface area contributed by atoms with Crippen LogP contribution in [0.15, 0.2) is 33.9 Å². The summed E-state index contributed by atoms with van der Waals surface area (Å²) in [7, 11) is 0. The summed E-state index contributed by atoms with van der Waals surface area (Å²) in [5.41, 5.74) is 9.34. The molecular weight excluding hydrogens is 222 g/mol. The molecule has 0 aliphatic rings. The number of aromatic nitrogens is 2. The maximum atomic E-state index is 8.99. The average Bonchev–Trinajstić information content (AvgIpc) is 2.75.